The van der Waals surface area contributed by atoms with Crippen LogP contribution < -0.4 is 0 Å². The number of nitro benzene ring substituents is 2. The van der Waals surface area contributed by atoms with Crippen LogP contribution in [0.15, 0.2) is 46.4 Å². The molecule has 0 amide bonds. The fraction of sp³-hybridized carbons (Fsp3) is 0.300. The second-order valence-corrected chi connectivity index (χ2v) is 7.24. The molecule has 0 spiro atoms. The van der Waals surface area contributed by atoms with Crippen molar-refractivity contribution in [1.29, 1.82) is 0 Å². The molecule has 0 saturated carbocycles. The molecular formula is C20H20Cl2N4O4. The van der Waals surface area contributed by atoms with Crippen molar-refractivity contribution in [3.05, 3.63) is 77.8 Å². The van der Waals surface area contributed by atoms with E-state index in [1.165, 1.54) is 24.3 Å². The van der Waals surface area contributed by atoms with Crippen LogP contribution in [-0.4, -0.2) is 35.4 Å². The first-order valence-electron chi connectivity index (χ1n) is 9.26. The highest BCUT2D eigenvalue weighted by molar-refractivity contribution is 6.33. The second kappa shape index (κ2) is 12.0. The molecule has 158 valence electrons. The van der Waals surface area contributed by atoms with Crippen molar-refractivity contribution in [2.45, 2.75) is 25.7 Å². The summed E-state index contributed by atoms with van der Waals surface area (Å²) in [7, 11) is 0. The monoisotopic (exact) mass is 450 g/mol. The van der Waals surface area contributed by atoms with Crippen molar-refractivity contribution in [3.8, 4) is 0 Å². The summed E-state index contributed by atoms with van der Waals surface area (Å²) in [6, 6.07) is 9.16. The first-order valence-corrected chi connectivity index (χ1v) is 10.0. The molecule has 0 atom stereocenters. The Morgan fingerprint density at radius 2 is 1.13 bits per heavy atom. The summed E-state index contributed by atoms with van der Waals surface area (Å²) in [6.07, 6.45) is 7.00. The molecule has 0 heterocycles. The summed E-state index contributed by atoms with van der Waals surface area (Å²) < 4.78 is 0. The molecule has 8 nitrogen and oxygen atoms in total. The Bertz CT molecular complexity index is 886. The summed E-state index contributed by atoms with van der Waals surface area (Å²) in [5.74, 6) is 0. The van der Waals surface area contributed by atoms with Gasteiger partial charge in [0.1, 0.15) is 10.0 Å². The molecule has 0 fully saturated rings. The number of hydrogen-bond acceptors (Lipinski definition) is 6. The highest BCUT2D eigenvalue weighted by Crippen LogP contribution is 2.25. The van der Waals surface area contributed by atoms with E-state index >= 15 is 0 Å². The summed E-state index contributed by atoms with van der Waals surface area (Å²) in [5.41, 5.74) is 1.02. The predicted molar refractivity (Wildman–Crippen MR) is 120 cm³/mol. The lowest BCUT2D eigenvalue weighted by Crippen LogP contribution is -1.92. The van der Waals surface area contributed by atoms with E-state index in [1.807, 2.05) is 0 Å². The molecule has 0 unspecified atom stereocenters. The van der Waals surface area contributed by atoms with Crippen LogP contribution in [0.3, 0.4) is 0 Å². The van der Waals surface area contributed by atoms with E-state index in [-0.39, 0.29) is 21.4 Å². The maximum Gasteiger partial charge on any atom is 0.288 e. The predicted octanol–water partition coefficient (Wildman–Crippen LogP) is 5.91. The minimum absolute atomic E-state index is 0.106. The minimum Gasteiger partial charge on any atom is -0.293 e. The molecule has 0 aliphatic rings. The van der Waals surface area contributed by atoms with Crippen LogP contribution in [0.5, 0.6) is 0 Å². The quantitative estimate of drug-likeness (QED) is 0.183. The lowest BCUT2D eigenvalue weighted by atomic mass is 10.2. The fourth-order valence-electron chi connectivity index (χ4n) is 2.60. The highest BCUT2D eigenvalue weighted by Gasteiger charge is 2.12. The number of aliphatic imine (C=N–C) groups is 2. The van der Waals surface area contributed by atoms with E-state index < -0.39 is 9.85 Å². The molecule has 0 bridgehead atoms. The molecule has 10 heteroatoms. The minimum atomic E-state index is -0.518. The average molecular weight is 451 g/mol. The summed E-state index contributed by atoms with van der Waals surface area (Å²) in [4.78, 5) is 29.3. The number of hydrogen-bond donors (Lipinski definition) is 0. The van der Waals surface area contributed by atoms with Gasteiger partial charge in [-0.1, -0.05) is 48.2 Å². The van der Waals surface area contributed by atoms with Crippen molar-refractivity contribution in [2.24, 2.45) is 9.98 Å². The molecule has 0 aliphatic heterocycles. The number of halogens is 2. The largest absolute Gasteiger partial charge is 0.293 e. The van der Waals surface area contributed by atoms with Gasteiger partial charge in [0.25, 0.3) is 11.4 Å². The van der Waals surface area contributed by atoms with Gasteiger partial charge in [-0.15, -0.1) is 0 Å². The number of rotatable bonds is 11. The van der Waals surface area contributed by atoms with Gasteiger partial charge in [0.05, 0.1) is 9.85 Å². The van der Waals surface area contributed by atoms with Gasteiger partial charge in [-0.2, -0.15) is 0 Å². The zero-order chi connectivity index (χ0) is 21.9. The second-order valence-electron chi connectivity index (χ2n) is 6.42. The zero-order valence-corrected chi connectivity index (χ0v) is 17.6. The Morgan fingerprint density at radius 3 is 1.50 bits per heavy atom. The van der Waals surface area contributed by atoms with Gasteiger partial charge in [0, 0.05) is 37.7 Å². The van der Waals surface area contributed by atoms with E-state index in [9.17, 15) is 20.2 Å². The molecule has 2 aromatic carbocycles. The van der Waals surface area contributed by atoms with Crippen LogP contribution in [0, 0.1) is 20.2 Å². The van der Waals surface area contributed by atoms with Crippen molar-refractivity contribution in [2.75, 3.05) is 13.1 Å². The van der Waals surface area contributed by atoms with Crippen LogP contribution in [0.2, 0.25) is 10.0 Å². The van der Waals surface area contributed by atoms with Gasteiger partial charge in [-0.25, -0.2) is 0 Å². The fourth-order valence-corrected chi connectivity index (χ4v) is 2.97. The maximum atomic E-state index is 10.9. The Labute approximate surface area is 183 Å². The molecule has 2 aromatic rings. The van der Waals surface area contributed by atoms with E-state index in [2.05, 4.69) is 9.98 Å². The van der Waals surface area contributed by atoms with Crippen LogP contribution in [0.4, 0.5) is 11.4 Å². The third-order valence-corrected chi connectivity index (χ3v) is 4.78. The third kappa shape index (κ3) is 7.53. The third-order valence-electron chi connectivity index (χ3n) is 4.14. The Hall–Kier alpha value is -2.84. The molecule has 0 saturated heterocycles. The van der Waals surface area contributed by atoms with E-state index in [4.69, 9.17) is 23.2 Å². The standard InChI is InChI=1S/C20H20Cl2N4O4/c21-17-7-5-15(11-19(17)25(27)28)13-23-9-3-1-2-4-10-24-14-16-6-8-18(22)20(12-16)26(29)30/h5-8,11-14H,1-4,9-10H2. The molecule has 30 heavy (non-hydrogen) atoms. The summed E-state index contributed by atoms with van der Waals surface area (Å²) >= 11 is 11.6. The molecular weight excluding hydrogens is 431 g/mol. The smallest absolute Gasteiger partial charge is 0.288 e. The lowest BCUT2D eigenvalue weighted by Gasteiger charge is -1.99. The Morgan fingerprint density at radius 1 is 0.733 bits per heavy atom. The molecule has 0 aliphatic carbocycles. The van der Waals surface area contributed by atoms with Gasteiger partial charge in [0.15, 0.2) is 0 Å². The summed E-state index contributed by atoms with van der Waals surface area (Å²) in [5, 5.41) is 21.9. The number of benzene rings is 2. The van der Waals surface area contributed by atoms with Gasteiger partial charge < -0.3 is 0 Å². The first-order chi connectivity index (χ1) is 14.4. The Kier molecular flexibility index (Phi) is 9.37. The van der Waals surface area contributed by atoms with Crippen LogP contribution in [0.25, 0.3) is 0 Å². The molecule has 2 rings (SSSR count). The number of nitro groups is 2. The van der Waals surface area contributed by atoms with Crippen LogP contribution in [0.1, 0.15) is 36.8 Å². The lowest BCUT2D eigenvalue weighted by molar-refractivity contribution is -0.384. The van der Waals surface area contributed by atoms with Gasteiger partial charge in [-0.05, 0) is 36.1 Å². The topological polar surface area (TPSA) is 111 Å². The van der Waals surface area contributed by atoms with Gasteiger partial charge in [-0.3, -0.25) is 30.2 Å². The van der Waals surface area contributed by atoms with Crippen LogP contribution in [-0.2, 0) is 0 Å². The normalized spacial score (nSPS) is 11.4. The molecule has 0 radical (unpaired) electrons. The van der Waals surface area contributed by atoms with E-state index in [0.717, 1.165) is 25.7 Å². The average Bonchev–Trinajstić information content (AvgIpc) is 2.71. The molecule has 0 aromatic heterocycles. The first kappa shape index (κ1) is 23.4. The van der Waals surface area contributed by atoms with E-state index in [1.54, 1.807) is 24.6 Å². The summed E-state index contributed by atoms with van der Waals surface area (Å²) in [6.45, 7) is 1.27. The van der Waals surface area contributed by atoms with Gasteiger partial charge >= 0.3 is 0 Å². The van der Waals surface area contributed by atoms with Crippen LogP contribution >= 0.6 is 23.2 Å². The highest BCUT2D eigenvalue weighted by atomic mass is 35.5. The zero-order valence-electron chi connectivity index (χ0n) is 16.0. The van der Waals surface area contributed by atoms with Crippen molar-refractivity contribution in [1.82, 2.24) is 0 Å². The Balaban J connectivity index is 1.65. The maximum absolute atomic E-state index is 10.9. The number of nitrogens with zero attached hydrogens (tertiary/aromatic N) is 4. The van der Waals surface area contributed by atoms with Crippen molar-refractivity contribution >= 4 is 47.0 Å². The van der Waals surface area contributed by atoms with Crippen molar-refractivity contribution in [3.63, 3.8) is 0 Å². The van der Waals surface area contributed by atoms with Crippen molar-refractivity contribution < 1.29 is 9.85 Å². The van der Waals surface area contributed by atoms with E-state index in [0.29, 0.717) is 24.2 Å². The van der Waals surface area contributed by atoms with Gasteiger partial charge in [0.2, 0.25) is 0 Å². The molecule has 0 N–H and O–H groups in total. The number of unbranched alkanes of at least 4 members (excludes halogenated alkanes) is 3. The SMILES string of the molecule is O=[N+]([O-])c1cc(C=NCCCCCCN=Cc2ccc(Cl)c([N+](=O)[O-])c2)ccc1Cl.